The molecule has 2 aromatic heterocycles. The lowest BCUT2D eigenvalue weighted by Crippen LogP contribution is -2.24. The summed E-state index contributed by atoms with van der Waals surface area (Å²) in [5.74, 6) is 0. The molecule has 1 N–H and O–H groups in total. The Morgan fingerprint density at radius 2 is 1.95 bits per heavy atom. The lowest BCUT2D eigenvalue weighted by Gasteiger charge is -2.18. The first-order chi connectivity index (χ1) is 9.97. The summed E-state index contributed by atoms with van der Waals surface area (Å²) < 4.78 is 5.08. The van der Waals surface area contributed by atoms with Crippen molar-refractivity contribution in [3.8, 4) is 0 Å². The molecule has 0 saturated carbocycles. The van der Waals surface area contributed by atoms with Crippen LogP contribution in [-0.4, -0.2) is 26.1 Å². The van der Waals surface area contributed by atoms with E-state index < -0.39 is 0 Å². The molecule has 0 bridgehead atoms. The van der Waals surface area contributed by atoms with Crippen molar-refractivity contribution in [2.75, 3.05) is 6.54 Å². The van der Waals surface area contributed by atoms with Gasteiger partial charge in [0, 0.05) is 37.8 Å². The molecule has 2 aromatic rings. The van der Waals surface area contributed by atoms with E-state index >= 15 is 0 Å². The van der Waals surface area contributed by atoms with Crippen molar-refractivity contribution in [1.29, 1.82) is 0 Å². The van der Waals surface area contributed by atoms with Crippen molar-refractivity contribution in [3.63, 3.8) is 0 Å². The van der Waals surface area contributed by atoms with Crippen LogP contribution in [-0.2, 0) is 20.0 Å². The van der Waals surface area contributed by atoms with E-state index in [-0.39, 0.29) is 6.04 Å². The summed E-state index contributed by atoms with van der Waals surface area (Å²) in [6.45, 7) is 10.2. The highest BCUT2D eigenvalue weighted by Crippen LogP contribution is 2.27. The summed E-state index contributed by atoms with van der Waals surface area (Å²) in [7, 11) is 1.97. The van der Waals surface area contributed by atoms with Crippen molar-refractivity contribution in [2.24, 2.45) is 7.05 Å². The third-order valence-electron chi connectivity index (χ3n) is 3.73. The smallest absolute Gasteiger partial charge is 0.0738 e. The van der Waals surface area contributed by atoms with Crippen LogP contribution < -0.4 is 5.32 Å². The van der Waals surface area contributed by atoms with Gasteiger partial charge in [0.05, 0.1) is 21.6 Å². The summed E-state index contributed by atoms with van der Waals surface area (Å²) in [4.78, 5) is 0. The maximum Gasteiger partial charge on any atom is 0.0738 e. The molecule has 2 heterocycles. The van der Waals surface area contributed by atoms with Crippen LogP contribution in [0.1, 0.15) is 42.5 Å². The van der Waals surface area contributed by atoms with Gasteiger partial charge >= 0.3 is 0 Å². The van der Waals surface area contributed by atoms with E-state index in [1.54, 1.807) is 0 Å². The molecule has 0 fully saturated rings. The summed E-state index contributed by atoms with van der Waals surface area (Å²) in [6, 6.07) is 0.251. The highest BCUT2D eigenvalue weighted by Gasteiger charge is 2.21. The maximum absolute atomic E-state index is 4.58. The molecule has 1 unspecified atom stereocenters. The second-order valence-electron chi connectivity index (χ2n) is 5.32. The van der Waals surface area contributed by atoms with Crippen LogP contribution >= 0.6 is 15.9 Å². The van der Waals surface area contributed by atoms with Gasteiger partial charge < -0.3 is 5.32 Å². The fourth-order valence-electron chi connectivity index (χ4n) is 2.76. The molecule has 0 saturated heterocycles. The van der Waals surface area contributed by atoms with Gasteiger partial charge in [-0.25, -0.2) is 0 Å². The maximum atomic E-state index is 4.58. The lowest BCUT2D eigenvalue weighted by molar-refractivity contribution is 0.513. The Labute approximate surface area is 134 Å². The number of hydrogen-bond donors (Lipinski definition) is 1. The Kier molecular flexibility index (Phi) is 5.22. The van der Waals surface area contributed by atoms with Gasteiger partial charge in [-0.2, -0.15) is 10.2 Å². The number of rotatable bonds is 6. The van der Waals surface area contributed by atoms with E-state index in [1.807, 2.05) is 18.7 Å². The van der Waals surface area contributed by atoms with Crippen molar-refractivity contribution in [1.82, 2.24) is 24.9 Å². The standard InChI is InChI=1S/C15H24BrN5/c1-6-17-13(12-9-20(5)18-10(12)3)8-14-15(16)11(4)19-21(14)7-2/h9,13,17H,6-8H2,1-5H3. The van der Waals surface area contributed by atoms with Crippen molar-refractivity contribution in [3.05, 3.63) is 33.3 Å². The summed E-state index contributed by atoms with van der Waals surface area (Å²) in [5, 5.41) is 12.6. The first-order valence-electron chi connectivity index (χ1n) is 7.43. The monoisotopic (exact) mass is 353 g/mol. The van der Waals surface area contributed by atoms with Crippen molar-refractivity contribution >= 4 is 15.9 Å². The normalized spacial score (nSPS) is 12.9. The zero-order chi connectivity index (χ0) is 15.6. The molecule has 0 aliphatic heterocycles. The van der Waals surface area contributed by atoms with Crippen molar-refractivity contribution in [2.45, 2.75) is 46.7 Å². The number of nitrogens with one attached hydrogen (secondary N) is 1. The number of aryl methyl sites for hydroxylation is 4. The highest BCUT2D eigenvalue weighted by molar-refractivity contribution is 9.10. The molecule has 0 spiro atoms. The van der Waals surface area contributed by atoms with Gasteiger partial charge in [0.1, 0.15) is 0 Å². The Hall–Kier alpha value is -1.14. The number of likely N-dealkylation sites (N-methyl/N-ethyl adjacent to an activating group) is 1. The molecular formula is C15H24BrN5. The van der Waals surface area contributed by atoms with Gasteiger partial charge in [-0.15, -0.1) is 0 Å². The van der Waals surface area contributed by atoms with E-state index in [0.29, 0.717) is 0 Å². The van der Waals surface area contributed by atoms with Crippen molar-refractivity contribution < 1.29 is 0 Å². The first kappa shape index (κ1) is 16.2. The molecule has 2 rings (SSSR count). The average molecular weight is 354 g/mol. The second kappa shape index (κ2) is 6.75. The molecule has 0 amide bonds. The molecule has 21 heavy (non-hydrogen) atoms. The second-order valence-corrected chi connectivity index (χ2v) is 6.11. The largest absolute Gasteiger partial charge is 0.310 e. The summed E-state index contributed by atoms with van der Waals surface area (Å²) >= 11 is 3.69. The molecule has 0 aliphatic carbocycles. The third-order valence-corrected chi connectivity index (χ3v) is 4.76. The van der Waals surface area contributed by atoms with Crippen LogP contribution in [0.15, 0.2) is 10.7 Å². The van der Waals surface area contributed by atoms with E-state index in [2.05, 4.69) is 63.1 Å². The Morgan fingerprint density at radius 1 is 1.24 bits per heavy atom. The van der Waals surface area contributed by atoms with Gasteiger partial charge in [-0.05, 0) is 43.2 Å². The zero-order valence-corrected chi connectivity index (χ0v) is 15.0. The van der Waals surface area contributed by atoms with Gasteiger partial charge in [0.25, 0.3) is 0 Å². The van der Waals surface area contributed by atoms with Gasteiger partial charge in [0.15, 0.2) is 0 Å². The predicted molar refractivity (Wildman–Crippen MR) is 88.4 cm³/mol. The molecule has 0 radical (unpaired) electrons. The predicted octanol–water partition coefficient (Wildman–Crippen LogP) is 2.91. The first-order valence-corrected chi connectivity index (χ1v) is 8.22. The number of nitrogens with zero attached hydrogens (tertiary/aromatic N) is 4. The molecule has 6 heteroatoms. The Balaban J connectivity index is 2.35. The molecular weight excluding hydrogens is 330 g/mol. The molecule has 116 valence electrons. The fraction of sp³-hybridized carbons (Fsp3) is 0.600. The molecule has 0 aromatic carbocycles. The lowest BCUT2D eigenvalue weighted by atomic mass is 10.0. The number of hydrogen-bond acceptors (Lipinski definition) is 3. The fourth-order valence-corrected chi connectivity index (χ4v) is 3.20. The van der Waals surface area contributed by atoms with Crippen LogP contribution in [0, 0.1) is 13.8 Å². The van der Waals surface area contributed by atoms with Gasteiger partial charge in [0.2, 0.25) is 0 Å². The third kappa shape index (κ3) is 3.37. The molecule has 0 aliphatic rings. The average Bonchev–Trinajstić information content (AvgIpc) is 2.91. The summed E-state index contributed by atoms with van der Waals surface area (Å²) in [5.41, 5.74) is 4.63. The van der Waals surface area contributed by atoms with E-state index in [1.165, 1.54) is 11.3 Å². The van der Waals surface area contributed by atoms with Crippen LogP contribution in [0.5, 0.6) is 0 Å². The topological polar surface area (TPSA) is 47.7 Å². The SMILES string of the molecule is CCNC(Cc1c(Br)c(C)nn1CC)c1cn(C)nc1C. The van der Waals surface area contributed by atoms with Gasteiger partial charge in [-0.3, -0.25) is 9.36 Å². The Morgan fingerprint density at radius 3 is 2.48 bits per heavy atom. The number of halogens is 1. The quantitative estimate of drug-likeness (QED) is 0.868. The zero-order valence-electron chi connectivity index (χ0n) is 13.4. The van der Waals surface area contributed by atoms with E-state index in [0.717, 1.165) is 35.4 Å². The highest BCUT2D eigenvalue weighted by atomic mass is 79.9. The van der Waals surface area contributed by atoms with E-state index in [9.17, 15) is 0 Å². The minimum Gasteiger partial charge on any atom is -0.310 e. The minimum atomic E-state index is 0.251. The van der Waals surface area contributed by atoms with E-state index in [4.69, 9.17) is 0 Å². The van der Waals surface area contributed by atoms with Crippen LogP contribution in [0.2, 0.25) is 0 Å². The molecule has 1 atom stereocenters. The summed E-state index contributed by atoms with van der Waals surface area (Å²) in [6.07, 6.45) is 3.01. The van der Waals surface area contributed by atoms with Crippen LogP contribution in [0.3, 0.4) is 0 Å². The van der Waals surface area contributed by atoms with Gasteiger partial charge in [-0.1, -0.05) is 6.92 Å². The molecule has 5 nitrogen and oxygen atoms in total. The minimum absolute atomic E-state index is 0.251. The Bertz CT molecular complexity index is 614. The van der Waals surface area contributed by atoms with Crippen LogP contribution in [0.4, 0.5) is 0 Å². The van der Waals surface area contributed by atoms with Crippen LogP contribution in [0.25, 0.3) is 0 Å². The number of aromatic nitrogens is 4.